The molecule has 6 heteroatoms. The SMILES string of the molecule is NC(=O)c1nc(CN2CCOCC2)c[nH]1. The molecule has 1 fully saturated rings. The first-order chi connectivity index (χ1) is 7.25. The van der Waals surface area contributed by atoms with Crippen LogP contribution in [-0.2, 0) is 11.3 Å². The van der Waals surface area contributed by atoms with Crippen LogP contribution >= 0.6 is 0 Å². The Balaban J connectivity index is 1.94. The van der Waals surface area contributed by atoms with Crippen LogP contribution in [0.25, 0.3) is 0 Å². The Morgan fingerprint density at radius 1 is 1.60 bits per heavy atom. The number of primary amides is 1. The van der Waals surface area contributed by atoms with Crippen LogP contribution in [0.5, 0.6) is 0 Å². The van der Waals surface area contributed by atoms with Gasteiger partial charge in [-0.3, -0.25) is 9.69 Å². The quantitative estimate of drug-likeness (QED) is 0.693. The van der Waals surface area contributed by atoms with Crippen LogP contribution in [0.2, 0.25) is 0 Å². The summed E-state index contributed by atoms with van der Waals surface area (Å²) in [6, 6.07) is 0. The summed E-state index contributed by atoms with van der Waals surface area (Å²) in [6.07, 6.45) is 1.72. The molecule has 0 spiro atoms. The molecule has 2 rings (SSSR count). The average Bonchev–Trinajstić information content (AvgIpc) is 2.68. The van der Waals surface area contributed by atoms with E-state index in [-0.39, 0.29) is 5.82 Å². The van der Waals surface area contributed by atoms with Gasteiger partial charge in [-0.2, -0.15) is 0 Å². The highest BCUT2D eigenvalue weighted by molar-refractivity contribution is 5.88. The van der Waals surface area contributed by atoms with Gasteiger partial charge in [0.1, 0.15) is 0 Å². The molecular formula is C9H14N4O2. The zero-order valence-corrected chi connectivity index (χ0v) is 8.40. The number of amides is 1. The fraction of sp³-hybridized carbons (Fsp3) is 0.556. The number of nitrogens with one attached hydrogen (secondary N) is 1. The van der Waals surface area contributed by atoms with Crippen molar-refractivity contribution in [1.29, 1.82) is 0 Å². The Morgan fingerprint density at radius 3 is 2.93 bits per heavy atom. The molecule has 0 unspecified atom stereocenters. The maximum atomic E-state index is 10.8. The summed E-state index contributed by atoms with van der Waals surface area (Å²) in [5.41, 5.74) is 5.93. The van der Waals surface area contributed by atoms with E-state index in [4.69, 9.17) is 10.5 Å². The fourth-order valence-corrected chi connectivity index (χ4v) is 1.56. The number of ether oxygens (including phenoxy) is 1. The van der Waals surface area contributed by atoms with Gasteiger partial charge in [0, 0.05) is 25.8 Å². The fourth-order valence-electron chi connectivity index (χ4n) is 1.56. The van der Waals surface area contributed by atoms with Gasteiger partial charge in [0.05, 0.1) is 18.9 Å². The monoisotopic (exact) mass is 210 g/mol. The van der Waals surface area contributed by atoms with Crippen molar-refractivity contribution in [1.82, 2.24) is 14.9 Å². The molecule has 0 atom stereocenters. The van der Waals surface area contributed by atoms with Crippen molar-refractivity contribution in [3.8, 4) is 0 Å². The van der Waals surface area contributed by atoms with E-state index in [1.165, 1.54) is 0 Å². The first kappa shape index (κ1) is 10.1. The topological polar surface area (TPSA) is 84.2 Å². The van der Waals surface area contributed by atoms with E-state index in [0.29, 0.717) is 0 Å². The molecule has 0 bridgehead atoms. The van der Waals surface area contributed by atoms with E-state index in [9.17, 15) is 4.79 Å². The lowest BCUT2D eigenvalue weighted by atomic mass is 10.3. The first-order valence-electron chi connectivity index (χ1n) is 4.90. The summed E-state index contributed by atoms with van der Waals surface area (Å²) in [4.78, 5) is 19.9. The molecule has 1 aliphatic rings. The van der Waals surface area contributed by atoms with Gasteiger partial charge in [-0.25, -0.2) is 4.98 Å². The van der Waals surface area contributed by atoms with Crippen molar-refractivity contribution in [2.45, 2.75) is 6.54 Å². The van der Waals surface area contributed by atoms with E-state index in [2.05, 4.69) is 14.9 Å². The number of nitrogens with zero attached hydrogens (tertiary/aromatic N) is 2. The van der Waals surface area contributed by atoms with Crippen LogP contribution in [0.15, 0.2) is 6.20 Å². The van der Waals surface area contributed by atoms with Gasteiger partial charge < -0.3 is 15.5 Å². The minimum atomic E-state index is -0.525. The van der Waals surface area contributed by atoms with Gasteiger partial charge in [-0.05, 0) is 0 Å². The van der Waals surface area contributed by atoms with Crippen molar-refractivity contribution >= 4 is 5.91 Å². The van der Waals surface area contributed by atoms with Gasteiger partial charge in [0.25, 0.3) is 5.91 Å². The van der Waals surface area contributed by atoms with Crippen LogP contribution in [-0.4, -0.2) is 47.1 Å². The third kappa shape index (κ3) is 2.54. The van der Waals surface area contributed by atoms with Crippen LogP contribution in [0.1, 0.15) is 16.3 Å². The largest absolute Gasteiger partial charge is 0.379 e. The lowest BCUT2D eigenvalue weighted by Gasteiger charge is -2.25. The molecule has 1 aromatic rings. The number of aromatic amines is 1. The van der Waals surface area contributed by atoms with Crippen LogP contribution in [0, 0.1) is 0 Å². The van der Waals surface area contributed by atoms with Gasteiger partial charge in [-0.15, -0.1) is 0 Å². The molecule has 15 heavy (non-hydrogen) atoms. The molecule has 0 saturated carbocycles. The number of hydrogen-bond donors (Lipinski definition) is 2. The van der Waals surface area contributed by atoms with E-state index in [1.54, 1.807) is 6.20 Å². The summed E-state index contributed by atoms with van der Waals surface area (Å²) in [5.74, 6) is -0.304. The van der Waals surface area contributed by atoms with Crippen molar-refractivity contribution in [2.24, 2.45) is 5.73 Å². The number of aromatic nitrogens is 2. The summed E-state index contributed by atoms with van der Waals surface area (Å²) >= 11 is 0. The second kappa shape index (κ2) is 4.41. The molecule has 0 radical (unpaired) electrons. The smallest absolute Gasteiger partial charge is 0.284 e. The maximum Gasteiger partial charge on any atom is 0.284 e. The van der Waals surface area contributed by atoms with Crippen molar-refractivity contribution in [2.75, 3.05) is 26.3 Å². The number of hydrogen-bond acceptors (Lipinski definition) is 4. The number of morpholine rings is 1. The number of imidazole rings is 1. The third-order valence-corrected chi connectivity index (χ3v) is 2.35. The van der Waals surface area contributed by atoms with Crippen molar-refractivity contribution in [3.05, 3.63) is 17.7 Å². The maximum absolute atomic E-state index is 10.8. The molecule has 1 aromatic heterocycles. The number of H-pyrrole nitrogens is 1. The van der Waals surface area contributed by atoms with Crippen molar-refractivity contribution in [3.63, 3.8) is 0 Å². The average molecular weight is 210 g/mol. The molecule has 1 saturated heterocycles. The van der Waals surface area contributed by atoms with E-state index in [1.807, 2.05) is 0 Å². The second-order valence-electron chi connectivity index (χ2n) is 3.49. The van der Waals surface area contributed by atoms with Gasteiger partial charge in [0.2, 0.25) is 0 Å². The summed E-state index contributed by atoms with van der Waals surface area (Å²) in [5, 5.41) is 0. The summed E-state index contributed by atoms with van der Waals surface area (Å²) in [6.45, 7) is 4.05. The lowest BCUT2D eigenvalue weighted by molar-refractivity contribution is 0.0337. The predicted octanol–water partition coefficient (Wildman–Crippen LogP) is -0.659. The summed E-state index contributed by atoms with van der Waals surface area (Å²) in [7, 11) is 0. The van der Waals surface area contributed by atoms with E-state index >= 15 is 0 Å². The standard InChI is InChI=1S/C9H14N4O2/c10-8(14)9-11-5-7(12-9)6-13-1-3-15-4-2-13/h5H,1-4,6H2,(H2,10,14)(H,11,12). The van der Waals surface area contributed by atoms with Gasteiger partial charge in [0.15, 0.2) is 5.82 Å². The number of nitrogens with two attached hydrogens (primary N) is 1. The Morgan fingerprint density at radius 2 is 2.33 bits per heavy atom. The van der Waals surface area contributed by atoms with Crippen LogP contribution in [0.4, 0.5) is 0 Å². The number of carbonyl (C=O) groups is 1. The Bertz CT molecular complexity index is 344. The molecule has 1 aliphatic heterocycles. The normalized spacial score (nSPS) is 17.9. The Labute approximate surface area is 87.4 Å². The van der Waals surface area contributed by atoms with Crippen molar-refractivity contribution < 1.29 is 9.53 Å². The summed E-state index contributed by atoms with van der Waals surface area (Å²) < 4.78 is 5.24. The minimum absolute atomic E-state index is 0.221. The highest BCUT2D eigenvalue weighted by atomic mass is 16.5. The van der Waals surface area contributed by atoms with Crippen LogP contribution < -0.4 is 5.73 Å². The third-order valence-electron chi connectivity index (χ3n) is 2.35. The van der Waals surface area contributed by atoms with Gasteiger partial charge in [-0.1, -0.05) is 0 Å². The number of carbonyl (C=O) groups excluding carboxylic acids is 1. The molecular weight excluding hydrogens is 196 g/mol. The lowest BCUT2D eigenvalue weighted by Crippen LogP contribution is -2.35. The second-order valence-corrected chi connectivity index (χ2v) is 3.49. The molecule has 1 amide bonds. The van der Waals surface area contributed by atoms with Gasteiger partial charge >= 0.3 is 0 Å². The highest BCUT2D eigenvalue weighted by Crippen LogP contribution is 2.04. The molecule has 3 N–H and O–H groups in total. The predicted molar refractivity (Wildman–Crippen MR) is 53.2 cm³/mol. The minimum Gasteiger partial charge on any atom is -0.379 e. The molecule has 82 valence electrons. The Kier molecular flexibility index (Phi) is 2.98. The van der Waals surface area contributed by atoms with Crippen LogP contribution in [0.3, 0.4) is 0 Å². The number of rotatable bonds is 3. The Hall–Kier alpha value is -1.40. The molecule has 0 aromatic carbocycles. The zero-order chi connectivity index (χ0) is 10.7. The zero-order valence-electron chi connectivity index (χ0n) is 8.40. The molecule has 0 aliphatic carbocycles. The van der Waals surface area contributed by atoms with E-state index in [0.717, 1.165) is 38.5 Å². The highest BCUT2D eigenvalue weighted by Gasteiger charge is 2.13. The molecule has 2 heterocycles. The molecule has 6 nitrogen and oxygen atoms in total. The van der Waals surface area contributed by atoms with E-state index < -0.39 is 5.91 Å². The first-order valence-corrected chi connectivity index (χ1v) is 4.90.